The van der Waals surface area contributed by atoms with E-state index >= 15 is 0 Å². The van der Waals surface area contributed by atoms with Crippen LogP contribution in [-0.4, -0.2) is 17.4 Å². The van der Waals surface area contributed by atoms with Crippen LogP contribution in [0.2, 0.25) is 0 Å². The first kappa shape index (κ1) is 11.2. The zero-order valence-corrected chi connectivity index (χ0v) is 9.60. The van der Waals surface area contributed by atoms with Crippen molar-refractivity contribution >= 4 is 33.4 Å². The SMILES string of the molecule is C=C(Cl)CNC(=O)c1ncccc1Br. The highest BCUT2D eigenvalue weighted by Gasteiger charge is 2.09. The number of rotatable bonds is 3. The highest BCUT2D eigenvalue weighted by atomic mass is 79.9. The Hall–Kier alpha value is -0.870. The van der Waals surface area contributed by atoms with Gasteiger partial charge >= 0.3 is 0 Å². The van der Waals surface area contributed by atoms with E-state index in [2.05, 4.69) is 32.8 Å². The summed E-state index contributed by atoms with van der Waals surface area (Å²) in [5.41, 5.74) is 0.338. The molecule has 0 saturated heterocycles. The van der Waals surface area contributed by atoms with Crippen molar-refractivity contribution < 1.29 is 4.79 Å². The summed E-state index contributed by atoms with van der Waals surface area (Å²) >= 11 is 8.73. The molecule has 0 atom stereocenters. The fourth-order valence-electron chi connectivity index (χ4n) is 0.813. The Morgan fingerprint density at radius 3 is 3.00 bits per heavy atom. The summed E-state index contributed by atoms with van der Waals surface area (Å²) in [4.78, 5) is 15.4. The number of carbonyl (C=O) groups excluding carboxylic acids is 1. The van der Waals surface area contributed by atoms with Gasteiger partial charge in [0.05, 0.1) is 6.54 Å². The monoisotopic (exact) mass is 274 g/mol. The number of hydrogen-bond acceptors (Lipinski definition) is 2. The molecule has 1 amide bonds. The van der Waals surface area contributed by atoms with Gasteiger partial charge < -0.3 is 5.32 Å². The zero-order valence-electron chi connectivity index (χ0n) is 7.26. The van der Waals surface area contributed by atoms with Crippen molar-refractivity contribution in [2.45, 2.75) is 0 Å². The van der Waals surface area contributed by atoms with Gasteiger partial charge in [-0.05, 0) is 28.1 Å². The normalized spacial score (nSPS) is 9.57. The molecule has 14 heavy (non-hydrogen) atoms. The lowest BCUT2D eigenvalue weighted by Gasteiger charge is -2.03. The quantitative estimate of drug-likeness (QED) is 0.920. The third kappa shape index (κ3) is 3.12. The molecular formula is C9H8BrClN2O. The van der Waals surface area contributed by atoms with Gasteiger partial charge in [-0.2, -0.15) is 0 Å². The number of aromatic nitrogens is 1. The Morgan fingerprint density at radius 1 is 1.71 bits per heavy atom. The largest absolute Gasteiger partial charge is 0.346 e. The van der Waals surface area contributed by atoms with Gasteiger partial charge in [0.15, 0.2) is 0 Å². The Bertz CT molecular complexity index is 368. The fraction of sp³-hybridized carbons (Fsp3) is 0.111. The minimum atomic E-state index is -0.278. The van der Waals surface area contributed by atoms with Crippen LogP contribution in [0.1, 0.15) is 10.5 Å². The average Bonchev–Trinajstić information content (AvgIpc) is 2.15. The predicted molar refractivity (Wildman–Crippen MR) is 59.3 cm³/mol. The van der Waals surface area contributed by atoms with Crippen LogP contribution in [0.4, 0.5) is 0 Å². The molecule has 0 bridgehead atoms. The Kier molecular flexibility index (Phi) is 4.10. The highest BCUT2D eigenvalue weighted by molar-refractivity contribution is 9.10. The molecule has 0 saturated carbocycles. The highest BCUT2D eigenvalue weighted by Crippen LogP contribution is 2.12. The second-order valence-corrected chi connectivity index (χ2v) is 3.92. The van der Waals surface area contributed by atoms with Crippen molar-refractivity contribution in [1.29, 1.82) is 0 Å². The molecule has 0 aromatic carbocycles. The van der Waals surface area contributed by atoms with E-state index in [1.165, 1.54) is 0 Å². The van der Waals surface area contributed by atoms with Crippen molar-refractivity contribution in [2.24, 2.45) is 0 Å². The van der Waals surface area contributed by atoms with Gasteiger partial charge in [-0.3, -0.25) is 4.79 Å². The molecule has 0 radical (unpaired) electrons. The molecule has 0 aliphatic heterocycles. The molecule has 0 aliphatic rings. The first-order valence-corrected chi connectivity index (χ1v) is 5.00. The third-order valence-electron chi connectivity index (χ3n) is 1.41. The van der Waals surface area contributed by atoms with E-state index in [0.29, 0.717) is 15.2 Å². The summed E-state index contributed by atoms with van der Waals surface area (Å²) in [5, 5.41) is 2.96. The third-order valence-corrected chi connectivity index (χ3v) is 2.19. The fourth-order valence-corrected chi connectivity index (χ4v) is 1.31. The second kappa shape index (κ2) is 5.12. The van der Waals surface area contributed by atoms with Crippen molar-refractivity contribution in [3.05, 3.63) is 40.1 Å². The van der Waals surface area contributed by atoms with Crippen molar-refractivity contribution in [3.8, 4) is 0 Å². The van der Waals surface area contributed by atoms with Gasteiger partial charge in [0, 0.05) is 15.7 Å². The summed E-state index contributed by atoms with van der Waals surface area (Å²) in [6.07, 6.45) is 1.55. The molecule has 5 heteroatoms. The number of pyridine rings is 1. The molecule has 1 heterocycles. The topological polar surface area (TPSA) is 42.0 Å². The maximum absolute atomic E-state index is 11.5. The van der Waals surface area contributed by atoms with Gasteiger partial charge in [-0.25, -0.2) is 4.98 Å². The molecule has 0 unspecified atom stereocenters. The van der Waals surface area contributed by atoms with E-state index in [1.54, 1.807) is 18.3 Å². The van der Waals surface area contributed by atoms with Crippen LogP contribution in [0.5, 0.6) is 0 Å². The van der Waals surface area contributed by atoms with Gasteiger partial charge in [0.1, 0.15) is 5.69 Å². The van der Waals surface area contributed by atoms with Crippen molar-refractivity contribution in [2.75, 3.05) is 6.54 Å². The number of nitrogens with one attached hydrogen (secondary N) is 1. The number of nitrogens with zero attached hydrogens (tertiary/aromatic N) is 1. The minimum Gasteiger partial charge on any atom is -0.346 e. The van der Waals surface area contributed by atoms with Gasteiger partial charge in [-0.1, -0.05) is 18.2 Å². The number of halogens is 2. The minimum absolute atomic E-state index is 0.239. The molecule has 3 nitrogen and oxygen atoms in total. The van der Waals surface area contributed by atoms with Crippen LogP contribution >= 0.6 is 27.5 Å². The standard InChI is InChI=1S/C9H8BrClN2O/c1-6(11)5-13-9(14)8-7(10)3-2-4-12-8/h2-4H,1,5H2,(H,13,14). The Balaban J connectivity index is 2.70. The van der Waals surface area contributed by atoms with Crippen LogP contribution in [-0.2, 0) is 0 Å². The molecule has 74 valence electrons. The summed E-state index contributed by atoms with van der Waals surface area (Å²) in [5.74, 6) is -0.278. The lowest BCUT2D eigenvalue weighted by atomic mass is 10.3. The van der Waals surface area contributed by atoms with Gasteiger partial charge in [0.2, 0.25) is 0 Å². The van der Waals surface area contributed by atoms with E-state index in [9.17, 15) is 4.79 Å². The molecule has 1 N–H and O–H groups in total. The average molecular weight is 276 g/mol. The number of carbonyl (C=O) groups is 1. The van der Waals surface area contributed by atoms with Gasteiger partial charge in [-0.15, -0.1) is 0 Å². The van der Waals surface area contributed by atoms with E-state index in [4.69, 9.17) is 11.6 Å². The van der Waals surface area contributed by atoms with Crippen LogP contribution < -0.4 is 5.32 Å². The summed E-state index contributed by atoms with van der Waals surface area (Å²) < 4.78 is 0.651. The number of hydrogen-bond donors (Lipinski definition) is 1. The molecular weight excluding hydrogens is 267 g/mol. The Morgan fingerprint density at radius 2 is 2.43 bits per heavy atom. The van der Waals surface area contributed by atoms with E-state index in [0.717, 1.165) is 0 Å². The maximum Gasteiger partial charge on any atom is 0.271 e. The first-order chi connectivity index (χ1) is 6.61. The van der Waals surface area contributed by atoms with Crippen molar-refractivity contribution in [3.63, 3.8) is 0 Å². The molecule has 0 spiro atoms. The van der Waals surface area contributed by atoms with Crippen LogP contribution in [0.15, 0.2) is 34.4 Å². The molecule has 1 rings (SSSR count). The van der Waals surface area contributed by atoms with Crippen LogP contribution in [0.3, 0.4) is 0 Å². The van der Waals surface area contributed by atoms with E-state index in [1.807, 2.05) is 0 Å². The smallest absolute Gasteiger partial charge is 0.271 e. The lowest BCUT2D eigenvalue weighted by Crippen LogP contribution is -2.25. The van der Waals surface area contributed by atoms with E-state index in [-0.39, 0.29) is 12.5 Å². The summed E-state index contributed by atoms with van der Waals surface area (Å²) in [6.45, 7) is 3.70. The zero-order chi connectivity index (χ0) is 10.6. The maximum atomic E-state index is 11.5. The lowest BCUT2D eigenvalue weighted by molar-refractivity contribution is 0.0952. The predicted octanol–water partition coefficient (Wildman–Crippen LogP) is 2.33. The van der Waals surface area contributed by atoms with Crippen LogP contribution in [0.25, 0.3) is 0 Å². The van der Waals surface area contributed by atoms with Gasteiger partial charge in [0.25, 0.3) is 5.91 Å². The number of amides is 1. The molecule has 1 aromatic heterocycles. The van der Waals surface area contributed by atoms with Crippen LogP contribution in [0, 0.1) is 0 Å². The molecule has 0 fully saturated rings. The second-order valence-electron chi connectivity index (χ2n) is 2.53. The summed E-state index contributed by atoms with van der Waals surface area (Å²) in [7, 11) is 0. The molecule has 1 aromatic rings. The van der Waals surface area contributed by atoms with E-state index < -0.39 is 0 Å². The molecule has 0 aliphatic carbocycles. The summed E-state index contributed by atoms with van der Waals surface area (Å²) in [6, 6.07) is 3.48. The van der Waals surface area contributed by atoms with Crippen molar-refractivity contribution in [1.82, 2.24) is 10.3 Å². The first-order valence-electron chi connectivity index (χ1n) is 3.83. The Labute approximate surface area is 95.3 Å².